The second kappa shape index (κ2) is 8.82. The first-order chi connectivity index (χ1) is 9.52. The number of benzene rings is 1. The lowest BCUT2D eigenvalue weighted by atomic mass is 10.1. The number of rotatable bonds is 9. The Morgan fingerprint density at radius 3 is 2.50 bits per heavy atom. The van der Waals surface area contributed by atoms with Crippen molar-refractivity contribution >= 4 is 0 Å². The summed E-state index contributed by atoms with van der Waals surface area (Å²) in [4.78, 5) is 0. The first kappa shape index (κ1) is 16.8. The van der Waals surface area contributed by atoms with Crippen molar-refractivity contribution in [1.29, 1.82) is 0 Å². The molecule has 1 aromatic carbocycles. The molecule has 0 aromatic heterocycles. The van der Waals surface area contributed by atoms with E-state index in [0.29, 0.717) is 19.1 Å². The van der Waals surface area contributed by atoms with Gasteiger partial charge in [-0.3, -0.25) is 0 Å². The first-order valence-corrected chi connectivity index (χ1v) is 7.16. The number of hydrogen-bond donors (Lipinski definition) is 1. The Bertz CT molecular complexity index is 391. The third-order valence-corrected chi connectivity index (χ3v) is 2.75. The molecule has 0 radical (unpaired) electrons. The Morgan fingerprint density at radius 2 is 1.90 bits per heavy atom. The molecular formula is C16H27NO3. The number of ether oxygens (including phenoxy) is 3. The van der Waals surface area contributed by atoms with Crippen LogP contribution in [0.1, 0.15) is 26.3 Å². The smallest absolute Gasteiger partial charge is 0.126 e. The summed E-state index contributed by atoms with van der Waals surface area (Å²) >= 11 is 0. The molecule has 0 aliphatic carbocycles. The highest BCUT2D eigenvalue weighted by molar-refractivity contribution is 5.41. The average Bonchev–Trinajstić information content (AvgIpc) is 2.39. The molecule has 4 heteroatoms. The van der Waals surface area contributed by atoms with E-state index in [1.165, 1.54) is 0 Å². The Balaban J connectivity index is 2.56. The van der Waals surface area contributed by atoms with Gasteiger partial charge in [0.05, 0.1) is 13.7 Å². The molecule has 0 amide bonds. The predicted molar refractivity (Wildman–Crippen MR) is 81.5 cm³/mol. The lowest BCUT2D eigenvalue weighted by Gasteiger charge is -2.15. The highest BCUT2D eigenvalue weighted by atomic mass is 16.5. The van der Waals surface area contributed by atoms with Crippen molar-refractivity contribution in [1.82, 2.24) is 0 Å². The summed E-state index contributed by atoms with van der Waals surface area (Å²) < 4.78 is 16.5. The monoisotopic (exact) mass is 281 g/mol. The summed E-state index contributed by atoms with van der Waals surface area (Å²) in [6.45, 7) is 8.13. The third kappa shape index (κ3) is 6.26. The molecule has 1 aromatic rings. The molecule has 0 saturated heterocycles. The minimum absolute atomic E-state index is 0.0999. The topological polar surface area (TPSA) is 53.7 Å². The zero-order valence-electron chi connectivity index (χ0n) is 13.0. The van der Waals surface area contributed by atoms with E-state index in [2.05, 4.69) is 13.8 Å². The van der Waals surface area contributed by atoms with Crippen molar-refractivity contribution in [3.63, 3.8) is 0 Å². The minimum atomic E-state index is 0.0999. The highest BCUT2D eigenvalue weighted by Crippen LogP contribution is 2.25. The van der Waals surface area contributed by atoms with E-state index in [0.717, 1.165) is 30.1 Å². The molecule has 4 nitrogen and oxygen atoms in total. The summed E-state index contributed by atoms with van der Waals surface area (Å²) in [7, 11) is 1.65. The summed E-state index contributed by atoms with van der Waals surface area (Å²) in [5.74, 6) is 2.16. The molecule has 0 aliphatic heterocycles. The summed E-state index contributed by atoms with van der Waals surface area (Å²) in [6.07, 6.45) is 0.784. The van der Waals surface area contributed by atoms with Crippen LogP contribution in [0.5, 0.6) is 11.5 Å². The SMILES string of the molecule is COc1ccc(CC(C)N)c(OCCOCC(C)C)c1. The van der Waals surface area contributed by atoms with Crippen molar-refractivity contribution in [3.8, 4) is 11.5 Å². The second-order valence-corrected chi connectivity index (χ2v) is 5.47. The Labute approximate surface area is 122 Å². The normalized spacial score (nSPS) is 12.5. The Kier molecular flexibility index (Phi) is 7.41. The van der Waals surface area contributed by atoms with Crippen LogP contribution in [0.4, 0.5) is 0 Å². The second-order valence-electron chi connectivity index (χ2n) is 5.47. The van der Waals surface area contributed by atoms with E-state index in [9.17, 15) is 0 Å². The van der Waals surface area contributed by atoms with Gasteiger partial charge in [0.2, 0.25) is 0 Å². The van der Waals surface area contributed by atoms with Gasteiger partial charge in [-0.15, -0.1) is 0 Å². The van der Waals surface area contributed by atoms with Crippen LogP contribution in [0.2, 0.25) is 0 Å². The van der Waals surface area contributed by atoms with Crippen molar-refractivity contribution in [3.05, 3.63) is 23.8 Å². The van der Waals surface area contributed by atoms with Crippen LogP contribution in [0.3, 0.4) is 0 Å². The molecule has 0 aliphatic rings. The van der Waals surface area contributed by atoms with Crippen LogP contribution < -0.4 is 15.2 Å². The van der Waals surface area contributed by atoms with Gasteiger partial charge in [-0.2, -0.15) is 0 Å². The molecule has 1 unspecified atom stereocenters. The van der Waals surface area contributed by atoms with Crippen LogP contribution in [-0.2, 0) is 11.2 Å². The van der Waals surface area contributed by atoms with Crippen molar-refractivity contribution < 1.29 is 14.2 Å². The molecular weight excluding hydrogens is 254 g/mol. The fourth-order valence-electron chi connectivity index (χ4n) is 1.84. The fourth-order valence-corrected chi connectivity index (χ4v) is 1.84. The lowest BCUT2D eigenvalue weighted by molar-refractivity contribution is 0.0815. The fraction of sp³-hybridized carbons (Fsp3) is 0.625. The van der Waals surface area contributed by atoms with Gasteiger partial charge < -0.3 is 19.9 Å². The zero-order valence-corrected chi connectivity index (χ0v) is 13.0. The van der Waals surface area contributed by atoms with Gasteiger partial charge in [-0.25, -0.2) is 0 Å². The van der Waals surface area contributed by atoms with Crippen LogP contribution in [0.25, 0.3) is 0 Å². The molecule has 0 spiro atoms. The van der Waals surface area contributed by atoms with Crippen molar-refractivity contribution in [2.75, 3.05) is 26.9 Å². The lowest BCUT2D eigenvalue weighted by Crippen LogP contribution is -2.19. The Hall–Kier alpha value is -1.26. The maximum atomic E-state index is 5.86. The average molecular weight is 281 g/mol. The van der Waals surface area contributed by atoms with E-state index in [1.54, 1.807) is 7.11 Å². The van der Waals surface area contributed by atoms with Gasteiger partial charge in [0.15, 0.2) is 0 Å². The number of nitrogens with two attached hydrogens (primary N) is 1. The molecule has 114 valence electrons. The summed E-state index contributed by atoms with van der Waals surface area (Å²) in [6, 6.07) is 5.94. The summed E-state index contributed by atoms with van der Waals surface area (Å²) in [5.41, 5.74) is 6.96. The summed E-state index contributed by atoms with van der Waals surface area (Å²) in [5, 5.41) is 0. The molecule has 0 heterocycles. The van der Waals surface area contributed by atoms with E-state index >= 15 is 0 Å². The maximum Gasteiger partial charge on any atom is 0.126 e. The van der Waals surface area contributed by atoms with Gasteiger partial charge in [-0.05, 0) is 30.9 Å². The van der Waals surface area contributed by atoms with Gasteiger partial charge in [-0.1, -0.05) is 19.9 Å². The minimum Gasteiger partial charge on any atom is -0.497 e. The van der Waals surface area contributed by atoms with E-state index in [4.69, 9.17) is 19.9 Å². The van der Waals surface area contributed by atoms with Crippen LogP contribution >= 0.6 is 0 Å². The quantitative estimate of drug-likeness (QED) is 0.707. The number of methoxy groups -OCH3 is 1. The molecule has 0 bridgehead atoms. The number of hydrogen-bond acceptors (Lipinski definition) is 4. The van der Waals surface area contributed by atoms with Crippen molar-refractivity contribution in [2.45, 2.75) is 33.2 Å². The largest absolute Gasteiger partial charge is 0.497 e. The molecule has 2 N–H and O–H groups in total. The molecule has 0 saturated carbocycles. The predicted octanol–water partition coefficient (Wildman–Crippen LogP) is 2.64. The molecule has 0 fully saturated rings. The van der Waals surface area contributed by atoms with E-state index in [-0.39, 0.29) is 6.04 Å². The maximum absolute atomic E-state index is 5.86. The van der Waals surface area contributed by atoms with Gasteiger partial charge in [0, 0.05) is 18.7 Å². The van der Waals surface area contributed by atoms with Crippen LogP contribution in [0, 0.1) is 5.92 Å². The van der Waals surface area contributed by atoms with Gasteiger partial charge >= 0.3 is 0 Å². The van der Waals surface area contributed by atoms with Crippen molar-refractivity contribution in [2.24, 2.45) is 11.7 Å². The van der Waals surface area contributed by atoms with Crippen LogP contribution in [-0.4, -0.2) is 33.0 Å². The standard InChI is InChI=1S/C16H27NO3/c1-12(2)11-19-7-8-20-16-10-15(18-4)6-5-14(16)9-13(3)17/h5-6,10,12-13H,7-9,11,17H2,1-4H3. The van der Waals surface area contributed by atoms with E-state index < -0.39 is 0 Å². The van der Waals surface area contributed by atoms with Gasteiger partial charge in [0.25, 0.3) is 0 Å². The van der Waals surface area contributed by atoms with Gasteiger partial charge in [0.1, 0.15) is 18.1 Å². The van der Waals surface area contributed by atoms with Crippen LogP contribution in [0.15, 0.2) is 18.2 Å². The third-order valence-electron chi connectivity index (χ3n) is 2.75. The highest BCUT2D eigenvalue weighted by Gasteiger charge is 2.08. The molecule has 20 heavy (non-hydrogen) atoms. The first-order valence-electron chi connectivity index (χ1n) is 7.16. The van der Waals surface area contributed by atoms with E-state index in [1.807, 2.05) is 25.1 Å². The zero-order chi connectivity index (χ0) is 15.0. The molecule has 1 atom stereocenters. The molecule has 1 rings (SSSR count). The Morgan fingerprint density at radius 1 is 1.15 bits per heavy atom.